The predicted octanol–water partition coefficient (Wildman–Crippen LogP) is 5.56. The summed E-state index contributed by atoms with van der Waals surface area (Å²) < 4.78 is 43.6. The van der Waals surface area contributed by atoms with Crippen LogP contribution in [-0.2, 0) is 6.18 Å². The molecule has 1 atom stereocenters. The van der Waals surface area contributed by atoms with E-state index in [-0.39, 0.29) is 6.10 Å². The highest BCUT2D eigenvalue weighted by Gasteiger charge is 2.29. The molecule has 2 aromatic carbocycles. The Morgan fingerprint density at radius 1 is 1.00 bits per heavy atom. The lowest BCUT2D eigenvalue weighted by atomic mass is 10.2. The molecule has 2 rings (SSSR count). The van der Waals surface area contributed by atoms with Gasteiger partial charge in [0.2, 0.25) is 0 Å². The first-order chi connectivity index (χ1) is 12.1. The van der Waals surface area contributed by atoms with Gasteiger partial charge in [-0.2, -0.15) is 18.3 Å². The second-order valence-electron chi connectivity index (χ2n) is 5.94. The first kappa shape index (κ1) is 20.2. The van der Waals surface area contributed by atoms with E-state index in [1.807, 2.05) is 52.2 Å². The van der Waals surface area contributed by atoms with Crippen molar-refractivity contribution in [3.8, 4) is 5.75 Å². The molecule has 0 aliphatic carbocycles. The van der Waals surface area contributed by atoms with Crippen molar-refractivity contribution in [1.29, 1.82) is 0 Å². The molecule has 0 aliphatic rings. The van der Waals surface area contributed by atoms with Crippen LogP contribution in [0.5, 0.6) is 5.75 Å². The number of hydrogen-bond acceptors (Lipinski definition) is 4. The second-order valence-corrected chi connectivity index (χ2v) is 7.09. The lowest BCUT2D eigenvalue weighted by molar-refractivity contribution is -0.137. The first-order valence-electron chi connectivity index (χ1n) is 7.99. The summed E-state index contributed by atoms with van der Waals surface area (Å²) in [5.41, 5.74) is 0.215. The van der Waals surface area contributed by atoms with Crippen LogP contribution in [0.1, 0.15) is 19.4 Å². The molecule has 140 valence electrons. The monoisotopic (exact) mass is 382 g/mol. The molecule has 7 heteroatoms. The van der Waals surface area contributed by atoms with Gasteiger partial charge >= 0.3 is 6.18 Å². The van der Waals surface area contributed by atoms with Crippen molar-refractivity contribution in [2.24, 2.45) is 5.10 Å². The number of hydrazone groups is 1. The van der Waals surface area contributed by atoms with Gasteiger partial charge in [-0.05, 0) is 62.4 Å². The molecule has 2 aromatic rings. The van der Waals surface area contributed by atoms with Gasteiger partial charge in [0.05, 0.1) is 11.3 Å². The maximum atomic E-state index is 12.6. The molecule has 3 nitrogen and oxygen atoms in total. The van der Waals surface area contributed by atoms with Crippen molar-refractivity contribution in [3.63, 3.8) is 0 Å². The summed E-state index contributed by atoms with van der Waals surface area (Å²) in [7, 11) is 3.70. The van der Waals surface area contributed by atoms with E-state index in [2.05, 4.69) is 5.10 Å². The predicted molar refractivity (Wildman–Crippen MR) is 98.9 cm³/mol. The number of ether oxygens (including phenoxy) is 1. The van der Waals surface area contributed by atoms with Gasteiger partial charge < -0.3 is 9.75 Å². The van der Waals surface area contributed by atoms with Gasteiger partial charge in [-0.3, -0.25) is 0 Å². The average Bonchev–Trinajstić information content (AvgIpc) is 2.55. The number of hydrogen-bond donors (Lipinski definition) is 0. The van der Waals surface area contributed by atoms with Crippen LogP contribution < -0.4 is 4.74 Å². The molecule has 0 heterocycles. The van der Waals surface area contributed by atoms with Crippen LogP contribution in [0.3, 0.4) is 0 Å². The van der Waals surface area contributed by atoms with Gasteiger partial charge in [0.1, 0.15) is 11.9 Å². The minimum atomic E-state index is -4.31. The van der Waals surface area contributed by atoms with Gasteiger partial charge in [-0.1, -0.05) is 11.8 Å². The van der Waals surface area contributed by atoms with Crippen LogP contribution in [0.4, 0.5) is 13.2 Å². The summed E-state index contributed by atoms with van der Waals surface area (Å²) in [5.74, 6) is 0.711. The molecule has 0 amide bonds. The molecule has 1 unspecified atom stereocenters. The van der Waals surface area contributed by atoms with Gasteiger partial charge in [0.15, 0.2) is 0 Å². The summed E-state index contributed by atoms with van der Waals surface area (Å²) in [6.07, 6.45) is -4.47. The van der Waals surface area contributed by atoms with E-state index >= 15 is 0 Å². The normalized spacial score (nSPS) is 13.4. The zero-order chi connectivity index (χ0) is 19.3. The molecule has 0 bridgehead atoms. The fraction of sp³-hybridized carbons (Fsp3) is 0.316. The average molecular weight is 382 g/mol. The molecule has 0 radical (unpaired) electrons. The molecular formula is C19H21F3N2OS. The molecule has 0 aromatic heterocycles. The number of alkyl halides is 3. The molecule has 0 saturated carbocycles. The van der Waals surface area contributed by atoms with Crippen LogP contribution in [-0.4, -0.2) is 30.9 Å². The Morgan fingerprint density at radius 3 is 1.96 bits per heavy atom. The lowest BCUT2D eigenvalue weighted by Crippen LogP contribution is -2.23. The Kier molecular flexibility index (Phi) is 6.58. The maximum absolute atomic E-state index is 12.6. The van der Waals surface area contributed by atoms with Crippen LogP contribution >= 0.6 is 11.8 Å². The van der Waals surface area contributed by atoms with Crippen molar-refractivity contribution in [2.45, 2.75) is 35.9 Å². The standard InChI is InChI=1S/C19H21F3N2OS/c1-13(23-24(3)4)14(2)25-16-7-11-18(12-8-16)26-17-9-5-15(6-10-17)19(20,21)22/h5-12,14H,1-4H3. The van der Waals surface area contributed by atoms with Crippen LogP contribution in [0.2, 0.25) is 0 Å². The number of benzene rings is 2. The maximum Gasteiger partial charge on any atom is 0.416 e. The molecule has 0 aliphatic heterocycles. The van der Waals surface area contributed by atoms with E-state index in [1.165, 1.54) is 23.9 Å². The number of rotatable bonds is 6. The highest BCUT2D eigenvalue weighted by molar-refractivity contribution is 7.99. The Hall–Kier alpha value is -2.15. The third kappa shape index (κ3) is 5.98. The minimum absolute atomic E-state index is 0.161. The Bertz CT molecular complexity index is 741. The van der Waals surface area contributed by atoms with Crippen molar-refractivity contribution < 1.29 is 17.9 Å². The molecule has 0 N–H and O–H groups in total. The van der Waals surface area contributed by atoms with E-state index in [0.29, 0.717) is 5.75 Å². The van der Waals surface area contributed by atoms with Gasteiger partial charge in [0, 0.05) is 23.9 Å². The first-order valence-corrected chi connectivity index (χ1v) is 8.81. The van der Waals surface area contributed by atoms with Gasteiger partial charge in [-0.15, -0.1) is 0 Å². The van der Waals surface area contributed by atoms with Crippen LogP contribution in [0.25, 0.3) is 0 Å². The quantitative estimate of drug-likeness (QED) is 0.483. The summed E-state index contributed by atoms with van der Waals surface area (Å²) in [6, 6.07) is 12.6. The molecule has 0 fully saturated rings. The molecule has 0 spiro atoms. The van der Waals surface area contributed by atoms with Crippen molar-refractivity contribution in [3.05, 3.63) is 54.1 Å². The zero-order valence-corrected chi connectivity index (χ0v) is 15.9. The SMILES string of the molecule is CC(=NN(C)C)C(C)Oc1ccc(Sc2ccc(C(F)(F)F)cc2)cc1. The van der Waals surface area contributed by atoms with E-state index < -0.39 is 11.7 Å². The fourth-order valence-corrected chi connectivity index (χ4v) is 2.94. The Morgan fingerprint density at radius 2 is 1.50 bits per heavy atom. The molecule has 26 heavy (non-hydrogen) atoms. The van der Waals surface area contributed by atoms with Gasteiger partial charge in [-0.25, -0.2) is 0 Å². The molecule has 0 saturated heterocycles. The summed E-state index contributed by atoms with van der Waals surface area (Å²) in [6.45, 7) is 3.83. The highest BCUT2D eigenvalue weighted by Crippen LogP contribution is 2.33. The van der Waals surface area contributed by atoms with E-state index in [0.717, 1.165) is 27.6 Å². The number of nitrogens with zero attached hydrogens (tertiary/aromatic N) is 2. The smallest absolute Gasteiger partial charge is 0.416 e. The topological polar surface area (TPSA) is 24.8 Å². The van der Waals surface area contributed by atoms with Crippen LogP contribution in [0, 0.1) is 0 Å². The summed E-state index contributed by atoms with van der Waals surface area (Å²) >= 11 is 1.40. The van der Waals surface area contributed by atoms with E-state index in [4.69, 9.17) is 4.74 Å². The highest BCUT2D eigenvalue weighted by atomic mass is 32.2. The summed E-state index contributed by atoms with van der Waals surface area (Å²) in [5, 5.41) is 6.03. The summed E-state index contributed by atoms with van der Waals surface area (Å²) in [4.78, 5) is 1.66. The largest absolute Gasteiger partial charge is 0.485 e. The third-order valence-electron chi connectivity index (χ3n) is 3.50. The Labute approximate surface area is 155 Å². The van der Waals surface area contributed by atoms with Crippen LogP contribution in [0.15, 0.2) is 63.4 Å². The van der Waals surface area contributed by atoms with E-state index in [1.54, 1.807) is 5.01 Å². The van der Waals surface area contributed by atoms with Gasteiger partial charge in [0.25, 0.3) is 0 Å². The Balaban J connectivity index is 1.99. The fourth-order valence-electron chi connectivity index (χ4n) is 2.12. The lowest BCUT2D eigenvalue weighted by Gasteiger charge is -2.16. The second kappa shape index (κ2) is 8.49. The van der Waals surface area contributed by atoms with Crippen molar-refractivity contribution in [1.82, 2.24) is 5.01 Å². The van der Waals surface area contributed by atoms with Crippen molar-refractivity contribution in [2.75, 3.05) is 14.1 Å². The molecular weight excluding hydrogens is 361 g/mol. The zero-order valence-electron chi connectivity index (χ0n) is 15.0. The minimum Gasteiger partial charge on any atom is -0.485 e. The number of halogens is 3. The van der Waals surface area contributed by atoms with E-state index in [9.17, 15) is 13.2 Å². The van der Waals surface area contributed by atoms with Crippen molar-refractivity contribution >= 4 is 17.5 Å². The third-order valence-corrected chi connectivity index (χ3v) is 4.52.